The molecule has 1 heterocycles. The largest absolute Gasteiger partial charge is 0.497 e. The molecule has 1 aromatic carbocycles. The van der Waals surface area contributed by atoms with E-state index in [1.165, 1.54) is 0 Å². The van der Waals surface area contributed by atoms with E-state index in [0.29, 0.717) is 12.5 Å². The Morgan fingerprint density at radius 3 is 2.65 bits per heavy atom. The topological polar surface area (TPSA) is 43.7 Å². The van der Waals surface area contributed by atoms with Gasteiger partial charge in [0.25, 0.3) is 0 Å². The molecule has 126 valence electrons. The van der Waals surface area contributed by atoms with Crippen molar-refractivity contribution in [3.8, 4) is 5.75 Å². The molecule has 0 spiro atoms. The number of fused-ring (bicyclic) bond motifs is 1. The fourth-order valence-electron chi connectivity index (χ4n) is 2.41. The first-order valence-electron chi connectivity index (χ1n) is 7.92. The highest BCUT2D eigenvalue weighted by atomic mass is 16.5. The maximum absolute atomic E-state index is 12.4. The summed E-state index contributed by atoms with van der Waals surface area (Å²) in [5.74, 6) is 1.04. The lowest BCUT2D eigenvalue weighted by molar-refractivity contribution is 0.135. The number of carbonyl (C=O) groups is 1. The lowest BCUT2D eigenvalue weighted by atomic mass is 10.1. The Kier molecular flexibility index (Phi) is 5.66. The van der Waals surface area contributed by atoms with Gasteiger partial charge in [0.1, 0.15) is 5.75 Å². The number of likely N-dealkylation sites (N-methyl/N-ethyl adjacent to an activating group) is 1. The van der Waals surface area contributed by atoms with Gasteiger partial charge >= 0.3 is 6.09 Å². The Morgan fingerprint density at radius 2 is 2.04 bits per heavy atom. The molecule has 0 aliphatic rings. The van der Waals surface area contributed by atoms with Gasteiger partial charge < -0.3 is 14.4 Å². The molecule has 23 heavy (non-hydrogen) atoms. The lowest BCUT2D eigenvalue weighted by Crippen LogP contribution is -2.16. The van der Waals surface area contributed by atoms with Gasteiger partial charge in [-0.25, -0.2) is 4.79 Å². The number of benzene rings is 1. The van der Waals surface area contributed by atoms with Gasteiger partial charge in [-0.05, 0) is 44.1 Å². The lowest BCUT2D eigenvalue weighted by Gasteiger charge is -2.08. The van der Waals surface area contributed by atoms with E-state index in [-0.39, 0.29) is 6.09 Å². The summed E-state index contributed by atoms with van der Waals surface area (Å²) >= 11 is 0. The van der Waals surface area contributed by atoms with Gasteiger partial charge in [0.2, 0.25) is 0 Å². The third-order valence-electron chi connectivity index (χ3n) is 3.66. The zero-order valence-corrected chi connectivity index (χ0v) is 14.6. The Balaban J connectivity index is 2.38. The third kappa shape index (κ3) is 4.26. The molecule has 5 heteroatoms. The molecule has 2 rings (SSSR count). The summed E-state index contributed by atoms with van der Waals surface area (Å²) in [4.78, 5) is 14.5. The zero-order chi connectivity index (χ0) is 17.0. The van der Waals surface area contributed by atoms with E-state index in [1.54, 1.807) is 11.7 Å². The number of nitrogens with zero attached hydrogens (tertiary/aromatic N) is 2. The minimum absolute atomic E-state index is 0.309. The average Bonchev–Trinajstić information content (AvgIpc) is 2.88. The smallest absolute Gasteiger partial charge is 0.418 e. The average molecular weight is 318 g/mol. The van der Waals surface area contributed by atoms with Crippen molar-refractivity contribution in [2.75, 3.05) is 34.4 Å². The fraction of sp³-hybridized carbons (Fsp3) is 0.500. The standard InChI is InChI=1S/C18H26N2O3/c1-13(2)12-23-18(21)20-11-14(8-9-19(3)4)16-7-6-15(22-5)10-17(16)20/h6-7,10-11,13H,8-9,12H2,1-5H3. The van der Waals surface area contributed by atoms with Crippen molar-refractivity contribution < 1.29 is 14.3 Å². The Labute approximate surface area is 137 Å². The van der Waals surface area contributed by atoms with E-state index >= 15 is 0 Å². The second kappa shape index (κ2) is 7.51. The van der Waals surface area contributed by atoms with E-state index in [4.69, 9.17) is 9.47 Å². The summed E-state index contributed by atoms with van der Waals surface area (Å²) in [6.07, 6.45) is 2.42. The molecule has 0 saturated carbocycles. The van der Waals surface area contributed by atoms with Crippen molar-refractivity contribution in [3.05, 3.63) is 30.0 Å². The first kappa shape index (κ1) is 17.3. The van der Waals surface area contributed by atoms with Crippen molar-refractivity contribution in [1.82, 2.24) is 9.47 Å². The Hall–Kier alpha value is -2.01. The molecule has 1 aromatic heterocycles. The molecule has 2 aromatic rings. The minimum atomic E-state index is -0.340. The van der Waals surface area contributed by atoms with Crippen LogP contribution in [0.4, 0.5) is 4.79 Å². The zero-order valence-electron chi connectivity index (χ0n) is 14.6. The van der Waals surface area contributed by atoms with Crippen LogP contribution in [0, 0.1) is 5.92 Å². The van der Waals surface area contributed by atoms with Crippen LogP contribution in [0.2, 0.25) is 0 Å². The molecule has 0 saturated heterocycles. The SMILES string of the molecule is COc1ccc2c(CCN(C)C)cn(C(=O)OCC(C)C)c2c1. The molecule has 0 aliphatic carbocycles. The van der Waals surface area contributed by atoms with Crippen LogP contribution in [0.25, 0.3) is 10.9 Å². The van der Waals surface area contributed by atoms with Gasteiger partial charge in [-0.15, -0.1) is 0 Å². The highest BCUT2D eigenvalue weighted by Crippen LogP contribution is 2.26. The normalized spacial score (nSPS) is 11.4. The number of hydrogen-bond donors (Lipinski definition) is 0. The molecule has 0 unspecified atom stereocenters. The van der Waals surface area contributed by atoms with E-state index in [0.717, 1.165) is 35.2 Å². The minimum Gasteiger partial charge on any atom is -0.497 e. The van der Waals surface area contributed by atoms with E-state index < -0.39 is 0 Å². The maximum Gasteiger partial charge on any atom is 0.418 e. The molecule has 0 N–H and O–H groups in total. The molecule has 0 radical (unpaired) electrons. The summed E-state index contributed by atoms with van der Waals surface area (Å²) in [6, 6.07) is 5.81. The van der Waals surface area contributed by atoms with Crippen molar-refractivity contribution in [2.45, 2.75) is 20.3 Å². The number of aromatic nitrogens is 1. The summed E-state index contributed by atoms with van der Waals surface area (Å²) in [5, 5.41) is 1.06. The van der Waals surface area contributed by atoms with Crippen molar-refractivity contribution in [1.29, 1.82) is 0 Å². The third-order valence-corrected chi connectivity index (χ3v) is 3.66. The van der Waals surface area contributed by atoms with Crippen LogP contribution < -0.4 is 4.74 Å². The van der Waals surface area contributed by atoms with E-state index in [9.17, 15) is 4.79 Å². The molecule has 0 atom stereocenters. The van der Waals surface area contributed by atoms with Gasteiger partial charge in [-0.1, -0.05) is 13.8 Å². The molecular formula is C18H26N2O3. The van der Waals surface area contributed by atoms with Gasteiger partial charge in [-0.3, -0.25) is 4.57 Å². The Morgan fingerprint density at radius 1 is 1.30 bits per heavy atom. The van der Waals surface area contributed by atoms with Gasteiger partial charge in [0, 0.05) is 24.2 Å². The van der Waals surface area contributed by atoms with Crippen LogP contribution >= 0.6 is 0 Å². The second-order valence-electron chi connectivity index (χ2n) is 6.43. The molecule has 0 aliphatic heterocycles. The fourth-order valence-corrected chi connectivity index (χ4v) is 2.41. The van der Waals surface area contributed by atoms with Crippen LogP contribution in [-0.4, -0.2) is 49.9 Å². The summed E-state index contributed by atoms with van der Waals surface area (Å²) in [5.41, 5.74) is 1.96. The predicted octanol–water partition coefficient (Wildman–Crippen LogP) is 3.39. The van der Waals surface area contributed by atoms with Crippen molar-refractivity contribution >= 4 is 17.0 Å². The quantitative estimate of drug-likeness (QED) is 0.819. The summed E-state index contributed by atoms with van der Waals surface area (Å²) < 4.78 is 12.3. The predicted molar refractivity (Wildman–Crippen MR) is 92.3 cm³/mol. The molecule has 5 nitrogen and oxygen atoms in total. The van der Waals surface area contributed by atoms with Crippen LogP contribution in [0.3, 0.4) is 0 Å². The summed E-state index contributed by atoms with van der Waals surface area (Å²) in [7, 11) is 5.71. The van der Waals surface area contributed by atoms with Gasteiger partial charge in [-0.2, -0.15) is 0 Å². The van der Waals surface area contributed by atoms with Crippen LogP contribution in [0.5, 0.6) is 5.75 Å². The van der Waals surface area contributed by atoms with Gasteiger partial charge in [0.05, 0.1) is 19.2 Å². The van der Waals surface area contributed by atoms with Gasteiger partial charge in [0.15, 0.2) is 0 Å². The first-order chi connectivity index (χ1) is 10.9. The monoisotopic (exact) mass is 318 g/mol. The van der Waals surface area contributed by atoms with E-state index in [2.05, 4.69) is 4.90 Å². The first-order valence-corrected chi connectivity index (χ1v) is 7.92. The van der Waals surface area contributed by atoms with E-state index in [1.807, 2.05) is 52.3 Å². The number of rotatable bonds is 6. The van der Waals surface area contributed by atoms with Crippen LogP contribution in [0.1, 0.15) is 19.4 Å². The maximum atomic E-state index is 12.4. The molecular weight excluding hydrogens is 292 g/mol. The summed E-state index contributed by atoms with van der Waals surface area (Å²) in [6.45, 7) is 5.38. The molecule has 0 bridgehead atoms. The number of hydrogen-bond acceptors (Lipinski definition) is 4. The van der Waals surface area contributed by atoms with Crippen LogP contribution in [-0.2, 0) is 11.2 Å². The Bertz CT molecular complexity index is 674. The highest BCUT2D eigenvalue weighted by Gasteiger charge is 2.16. The molecule has 0 amide bonds. The number of carbonyl (C=O) groups excluding carboxylic acids is 1. The second-order valence-corrected chi connectivity index (χ2v) is 6.43. The van der Waals surface area contributed by atoms with Crippen molar-refractivity contribution in [3.63, 3.8) is 0 Å². The highest BCUT2D eigenvalue weighted by molar-refractivity contribution is 5.92. The van der Waals surface area contributed by atoms with Crippen LogP contribution in [0.15, 0.2) is 24.4 Å². The number of methoxy groups -OCH3 is 1. The number of ether oxygens (including phenoxy) is 2. The van der Waals surface area contributed by atoms with Crippen molar-refractivity contribution in [2.24, 2.45) is 5.92 Å². The molecule has 0 fully saturated rings.